The van der Waals surface area contributed by atoms with Crippen LogP contribution >= 0.6 is 11.6 Å². The molecule has 5 rings (SSSR count). The molecule has 0 bridgehead atoms. The molecule has 1 fully saturated rings. The van der Waals surface area contributed by atoms with Gasteiger partial charge in [-0.15, -0.1) is 0 Å². The molecule has 3 N–H and O–H groups in total. The van der Waals surface area contributed by atoms with Crippen LogP contribution in [0.4, 0.5) is 0 Å². The topological polar surface area (TPSA) is 90.5 Å². The van der Waals surface area contributed by atoms with Crippen LogP contribution in [-0.2, 0) is 11.2 Å². The van der Waals surface area contributed by atoms with Crippen molar-refractivity contribution in [2.24, 2.45) is 0 Å². The van der Waals surface area contributed by atoms with E-state index < -0.39 is 12.2 Å². The number of pyridine rings is 1. The molecule has 2 atom stereocenters. The van der Waals surface area contributed by atoms with Crippen molar-refractivity contribution in [1.29, 1.82) is 0 Å². The van der Waals surface area contributed by atoms with E-state index in [1.165, 1.54) is 0 Å². The summed E-state index contributed by atoms with van der Waals surface area (Å²) in [6, 6.07) is 7.54. The number of ether oxygens (including phenoxy) is 1. The van der Waals surface area contributed by atoms with Crippen LogP contribution in [0.1, 0.15) is 24.3 Å². The summed E-state index contributed by atoms with van der Waals surface area (Å²) in [5, 5.41) is 14.7. The minimum absolute atomic E-state index is 0.0210. The molecule has 0 radical (unpaired) electrons. The van der Waals surface area contributed by atoms with E-state index in [-0.39, 0.29) is 5.91 Å². The number of nitrogens with one attached hydrogen (secondary N) is 2. The van der Waals surface area contributed by atoms with Gasteiger partial charge in [0.1, 0.15) is 11.4 Å². The summed E-state index contributed by atoms with van der Waals surface area (Å²) >= 11 is 6.44. The Labute approximate surface area is 179 Å². The Morgan fingerprint density at radius 3 is 2.87 bits per heavy atom. The Morgan fingerprint density at radius 1 is 1.30 bits per heavy atom. The molecule has 7 nitrogen and oxygen atoms in total. The lowest BCUT2D eigenvalue weighted by atomic mass is 9.99. The molecular formula is C22H23ClN4O3. The normalized spacial score (nSPS) is 19.6. The second kappa shape index (κ2) is 7.58. The molecule has 8 heteroatoms. The molecule has 0 spiro atoms. The number of carbonyl (C=O) groups is 1. The molecule has 0 aliphatic carbocycles. The maximum Gasteiger partial charge on any atom is 0.264 e. The predicted molar refractivity (Wildman–Crippen MR) is 115 cm³/mol. The second-order valence-corrected chi connectivity index (χ2v) is 8.29. The van der Waals surface area contributed by atoms with Gasteiger partial charge in [-0.25, -0.2) is 4.98 Å². The molecule has 2 aliphatic heterocycles. The molecule has 4 heterocycles. The molecule has 30 heavy (non-hydrogen) atoms. The number of hydrogen-bond acceptors (Lipinski definition) is 5. The fourth-order valence-electron chi connectivity index (χ4n) is 4.26. The smallest absolute Gasteiger partial charge is 0.264 e. The Kier molecular flexibility index (Phi) is 4.89. The summed E-state index contributed by atoms with van der Waals surface area (Å²) in [7, 11) is 0. The van der Waals surface area contributed by atoms with Gasteiger partial charge in [0.25, 0.3) is 5.91 Å². The predicted octanol–water partition coefficient (Wildman–Crippen LogP) is 2.67. The number of nitrogens with zero attached hydrogens (tertiary/aromatic N) is 2. The first-order valence-corrected chi connectivity index (χ1v) is 10.5. The maximum absolute atomic E-state index is 13.0. The van der Waals surface area contributed by atoms with Crippen LogP contribution in [0.15, 0.2) is 30.5 Å². The molecule has 1 aromatic carbocycles. The highest BCUT2D eigenvalue weighted by atomic mass is 35.5. The average Bonchev–Trinajstić information content (AvgIpc) is 3.37. The molecule has 1 saturated heterocycles. The number of halogens is 1. The van der Waals surface area contributed by atoms with Crippen LogP contribution in [0.25, 0.3) is 22.2 Å². The van der Waals surface area contributed by atoms with Gasteiger partial charge in [-0.05, 0) is 36.8 Å². The Balaban J connectivity index is 1.54. The van der Waals surface area contributed by atoms with Gasteiger partial charge in [0.05, 0.1) is 6.10 Å². The number of aliphatic hydroxyl groups is 1. The van der Waals surface area contributed by atoms with Crippen LogP contribution < -0.4 is 10.1 Å². The van der Waals surface area contributed by atoms with E-state index >= 15 is 0 Å². The van der Waals surface area contributed by atoms with Crippen LogP contribution in [0.5, 0.6) is 5.75 Å². The standard InChI is InChI=1S/C22H23ClN4O3/c1-12(28)18-11-17-15(2-3-25-21(17)26-18)16-10-14(23)8-13-9-19(30-20(13)16)22(29)27-6-4-24-5-7-27/h2-3,8,10-12,19,24,28H,4-7,9H2,1H3,(H,25,26)/t12-,19?/m0/s1. The van der Waals surface area contributed by atoms with Crippen molar-refractivity contribution in [3.63, 3.8) is 0 Å². The van der Waals surface area contributed by atoms with Crippen molar-refractivity contribution < 1.29 is 14.6 Å². The zero-order valence-electron chi connectivity index (χ0n) is 16.6. The van der Waals surface area contributed by atoms with Gasteiger partial charge in [-0.2, -0.15) is 0 Å². The highest BCUT2D eigenvalue weighted by Gasteiger charge is 2.35. The van der Waals surface area contributed by atoms with Gasteiger partial charge in [0, 0.05) is 66.0 Å². The van der Waals surface area contributed by atoms with Crippen molar-refractivity contribution in [2.75, 3.05) is 26.2 Å². The van der Waals surface area contributed by atoms with Gasteiger partial charge >= 0.3 is 0 Å². The van der Waals surface area contributed by atoms with Crippen molar-refractivity contribution in [1.82, 2.24) is 20.2 Å². The quantitative estimate of drug-likeness (QED) is 0.599. The summed E-state index contributed by atoms with van der Waals surface area (Å²) in [6.45, 7) is 4.70. The zero-order valence-corrected chi connectivity index (χ0v) is 17.4. The first kappa shape index (κ1) is 19.4. The third-order valence-electron chi connectivity index (χ3n) is 5.79. The van der Waals surface area contributed by atoms with Crippen molar-refractivity contribution in [2.45, 2.75) is 25.6 Å². The third-order valence-corrected chi connectivity index (χ3v) is 6.01. The van der Waals surface area contributed by atoms with E-state index in [9.17, 15) is 9.90 Å². The molecular weight excluding hydrogens is 404 g/mol. The number of piperazine rings is 1. The van der Waals surface area contributed by atoms with E-state index in [2.05, 4.69) is 15.3 Å². The lowest BCUT2D eigenvalue weighted by Gasteiger charge is -2.29. The highest BCUT2D eigenvalue weighted by molar-refractivity contribution is 6.31. The number of benzene rings is 1. The lowest BCUT2D eigenvalue weighted by Crippen LogP contribution is -2.50. The van der Waals surface area contributed by atoms with Gasteiger partial charge in [-0.1, -0.05) is 11.6 Å². The van der Waals surface area contributed by atoms with Gasteiger partial charge in [-0.3, -0.25) is 4.79 Å². The summed E-state index contributed by atoms with van der Waals surface area (Å²) in [5.41, 5.74) is 4.04. The van der Waals surface area contributed by atoms with Crippen molar-refractivity contribution in [3.8, 4) is 16.9 Å². The van der Waals surface area contributed by atoms with Crippen LogP contribution in [0.2, 0.25) is 5.02 Å². The van der Waals surface area contributed by atoms with E-state index in [1.807, 2.05) is 29.2 Å². The van der Waals surface area contributed by atoms with E-state index in [0.717, 1.165) is 35.2 Å². The van der Waals surface area contributed by atoms with Crippen LogP contribution in [0.3, 0.4) is 0 Å². The van der Waals surface area contributed by atoms with Gasteiger partial charge in [0.2, 0.25) is 0 Å². The minimum Gasteiger partial charge on any atom is -0.479 e. The number of hydrogen-bond donors (Lipinski definition) is 3. The number of aliphatic hydroxyl groups excluding tert-OH is 1. The Bertz CT molecular complexity index is 1120. The number of aromatic nitrogens is 2. The highest BCUT2D eigenvalue weighted by Crippen LogP contribution is 2.43. The number of carbonyl (C=O) groups excluding carboxylic acids is 1. The molecule has 0 saturated carbocycles. The number of amides is 1. The Hall–Kier alpha value is -2.61. The average molecular weight is 427 g/mol. The maximum atomic E-state index is 13.0. The molecule has 2 aromatic heterocycles. The fourth-order valence-corrected chi connectivity index (χ4v) is 4.50. The first-order chi connectivity index (χ1) is 14.5. The molecule has 2 aliphatic rings. The molecule has 1 amide bonds. The van der Waals surface area contributed by atoms with Crippen molar-refractivity contribution >= 4 is 28.5 Å². The van der Waals surface area contributed by atoms with E-state index in [4.69, 9.17) is 16.3 Å². The molecule has 3 aromatic rings. The molecule has 156 valence electrons. The van der Waals surface area contributed by atoms with Crippen molar-refractivity contribution in [3.05, 3.63) is 46.7 Å². The largest absolute Gasteiger partial charge is 0.479 e. The number of aromatic amines is 1. The monoisotopic (exact) mass is 426 g/mol. The summed E-state index contributed by atoms with van der Waals surface area (Å²) in [4.78, 5) is 22.4. The van der Waals surface area contributed by atoms with Crippen LogP contribution in [-0.4, -0.2) is 58.2 Å². The number of H-pyrrole nitrogens is 1. The molecule has 1 unspecified atom stereocenters. The second-order valence-electron chi connectivity index (χ2n) is 7.85. The first-order valence-electron chi connectivity index (χ1n) is 10.2. The van der Waals surface area contributed by atoms with E-state index in [1.54, 1.807) is 13.1 Å². The lowest BCUT2D eigenvalue weighted by molar-refractivity contribution is -0.138. The number of fused-ring (bicyclic) bond motifs is 2. The number of rotatable bonds is 3. The van der Waals surface area contributed by atoms with Gasteiger partial charge < -0.3 is 25.0 Å². The third kappa shape index (κ3) is 3.33. The summed E-state index contributed by atoms with van der Waals surface area (Å²) in [5.74, 6) is 0.716. The summed E-state index contributed by atoms with van der Waals surface area (Å²) < 4.78 is 6.22. The SMILES string of the molecule is C[C@H](O)c1cc2c(-c3cc(Cl)cc4c3OC(C(=O)N3CCNCC3)C4)ccnc2[nH]1. The summed E-state index contributed by atoms with van der Waals surface area (Å²) in [6.07, 6.45) is 1.05. The van der Waals surface area contributed by atoms with E-state index in [0.29, 0.717) is 41.6 Å². The zero-order chi connectivity index (χ0) is 20.8. The minimum atomic E-state index is -0.630. The Morgan fingerprint density at radius 2 is 2.10 bits per heavy atom. The van der Waals surface area contributed by atoms with Crippen LogP contribution in [0, 0.1) is 0 Å². The fraction of sp³-hybridized carbons (Fsp3) is 0.364. The van der Waals surface area contributed by atoms with Gasteiger partial charge in [0.15, 0.2) is 6.10 Å².